The molecule has 0 nitrogen and oxygen atoms in total. The lowest BCUT2D eigenvalue weighted by Crippen LogP contribution is -1.96. The molecule has 3 heteroatoms. The molecule has 1 aromatic rings. The Morgan fingerprint density at radius 1 is 0.905 bits per heavy atom. The highest BCUT2D eigenvalue weighted by Crippen LogP contribution is 2.29. The predicted octanol–water partition coefficient (Wildman–Crippen LogP) is 7.17. The van der Waals surface area contributed by atoms with Gasteiger partial charge < -0.3 is 0 Å². The van der Waals surface area contributed by atoms with Crippen LogP contribution in [0.4, 0.5) is 8.78 Å². The van der Waals surface area contributed by atoms with Crippen molar-refractivity contribution in [2.45, 2.75) is 76.5 Å². The number of unbranched alkanes of at least 4 members (excludes halogenated alkanes) is 8. The minimum Gasteiger partial charge on any atom is -0.207 e. The summed E-state index contributed by atoms with van der Waals surface area (Å²) in [5, 5.41) is -0.352. The van der Waals surface area contributed by atoms with Crippen molar-refractivity contribution in [3.8, 4) is 0 Å². The first-order valence-electron chi connectivity index (χ1n) is 8.24. The highest BCUT2D eigenvalue weighted by molar-refractivity contribution is 6.20. The molecule has 0 aliphatic rings. The van der Waals surface area contributed by atoms with Gasteiger partial charge in [0.25, 0.3) is 0 Å². The first-order chi connectivity index (χ1) is 10.1. The van der Waals surface area contributed by atoms with Gasteiger partial charge in [-0.15, -0.1) is 11.6 Å². The summed E-state index contributed by atoms with van der Waals surface area (Å²) in [4.78, 5) is 0. The quantitative estimate of drug-likeness (QED) is 0.300. The predicted molar refractivity (Wildman–Crippen MR) is 86.8 cm³/mol. The van der Waals surface area contributed by atoms with E-state index in [2.05, 4.69) is 6.92 Å². The van der Waals surface area contributed by atoms with Crippen molar-refractivity contribution in [2.75, 3.05) is 0 Å². The molecule has 0 N–H and O–H groups in total. The minimum absolute atomic E-state index is 0.352. The van der Waals surface area contributed by atoms with E-state index in [4.69, 9.17) is 11.6 Å². The van der Waals surface area contributed by atoms with E-state index in [1.165, 1.54) is 57.1 Å². The topological polar surface area (TPSA) is 0 Å². The number of halogens is 3. The molecule has 0 aliphatic carbocycles. The van der Waals surface area contributed by atoms with Crippen LogP contribution in [0.15, 0.2) is 18.2 Å². The van der Waals surface area contributed by atoms with Crippen molar-refractivity contribution in [1.82, 2.24) is 0 Å². The molecule has 1 rings (SSSR count). The first kappa shape index (κ1) is 18.4. The Hall–Kier alpha value is -0.630. The molecular formula is C18H27ClF2. The first-order valence-corrected chi connectivity index (χ1v) is 8.67. The van der Waals surface area contributed by atoms with Gasteiger partial charge in [-0.3, -0.25) is 0 Å². The zero-order chi connectivity index (χ0) is 15.5. The fourth-order valence-corrected chi connectivity index (χ4v) is 2.88. The second kappa shape index (κ2) is 11.0. The monoisotopic (exact) mass is 316 g/mol. The molecule has 1 atom stereocenters. The van der Waals surface area contributed by atoms with Crippen molar-refractivity contribution in [3.05, 3.63) is 35.4 Å². The molecule has 1 aromatic carbocycles. The summed E-state index contributed by atoms with van der Waals surface area (Å²) < 4.78 is 26.4. The molecule has 0 aliphatic heterocycles. The average Bonchev–Trinajstić information content (AvgIpc) is 2.45. The van der Waals surface area contributed by atoms with Crippen LogP contribution in [0.3, 0.4) is 0 Å². The summed E-state index contributed by atoms with van der Waals surface area (Å²) in [6, 6.07) is 3.63. The molecule has 0 heterocycles. The van der Waals surface area contributed by atoms with E-state index in [1.54, 1.807) is 0 Å². The van der Waals surface area contributed by atoms with Gasteiger partial charge in [-0.05, 0) is 12.5 Å². The Morgan fingerprint density at radius 2 is 1.48 bits per heavy atom. The van der Waals surface area contributed by atoms with Crippen molar-refractivity contribution in [3.63, 3.8) is 0 Å². The van der Waals surface area contributed by atoms with Gasteiger partial charge >= 0.3 is 0 Å². The lowest BCUT2D eigenvalue weighted by atomic mass is 10.0. The van der Waals surface area contributed by atoms with E-state index in [9.17, 15) is 8.78 Å². The highest BCUT2D eigenvalue weighted by Gasteiger charge is 2.13. The number of hydrogen-bond donors (Lipinski definition) is 0. The largest absolute Gasteiger partial charge is 0.207 e. The second-order valence-electron chi connectivity index (χ2n) is 5.75. The van der Waals surface area contributed by atoms with Crippen molar-refractivity contribution in [1.29, 1.82) is 0 Å². The summed E-state index contributed by atoms with van der Waals surface area (Å²) in [6.07, 6.45) is 12.0. The third-order valence-corrected chi connectivity index (χ3v) is 4.31. The Morgan fingerprint density at radius 3 is 2.05 bits per heavy atom. The molecule has 0 spiro atoms. The standard InChI is InChI=1S/C18H27ClF2/c1-2-3-4-5-6-7-8-9-10-11-17(19)16-13-12-15(20)14-18(16)21/h12-14,17H,2-11H2,1H3. The van der Waals surface area contributed by atoms with Crippen LogP contribution in [0.2, 0.25) is 0 Å². The molecule has 0 saturated carbocycles. The van der Waals surface area contributed by atoms with E-state index in [0.717, 1.165) is 25.3 Å². The summed E-state index contributed by atoms with van der Waals surface area (Å²) in [6.45, 7) is 2.23. The van der Waals surface area contributed by atoms with Gasteiger partial charge in [0, 0.05) is 11.6 Å². The normalized spacial score (nSPS) is 12.6. The lowest BCUT2D eigenvalue weighted by Gasteiger charge is -2.10. The zero-order valence-electron chi connectivity index (χ0n) is 13.0. The maximum absolute atomic E-state index is 13.6. The van der Waals surface area contributed by atoms with Crippen molar-refractivity contribution >= 4 is 11.6 Å². The Bertz CT molecular complexity index is 393. The van der Waals surface area contributed by atoms with Crippen LogP contribution < -0.4 is 0 Å². The Balaban J connectivity index is 2.09. The maximum Gasteiger partial charge on any atom is 0.130 e. The van der Waals surface area contributed by atoms with Crippen LogP contribution in [0.25, 0.3) is 0 Å². The number of alkyl halides is 1. The summed E-state index contributed by atoms with van der Waals surface area (Å²) in [7, 11) is 0. The van der Waals surface area contributed by atoms with E-state index < -0.39 is 11.6 Å². The van der Waals surface area contributed by atoms with E-state index in [-0.39, 0.29) is 5.38 Å². The molecular weight excluding hydrogens is 290 g/mol. The summed E-state index contributed by atoms with van der Waals surface area (Å²) in [5.41, 5.74) is 0.414. The van der Waals surface area contributed by atoms with Crippen LogP contribution in [0, 0.1) is 11.6 Å². The Kier molecular flexibility index (Phi) is 9.65. The van der Waals surface area contributed by atoms with E-state index in [1.807, 2.05) is 0 Å². The smallest absolute Gasteiger partial charge is 0.130 e. The number of rotatable bonds is 11. The van der Waals surface area contributed by atoms with Gasteiger partial charge in [0.05, 0.1) is 5.38 Å². The van der Waals surface area contributed by atoms with Crippen LogP contribution >= 0.6 is 11.6 Å². The molecule has 120 valence electrons. The molecule has 1 unspecified atom stereocenters. The maximum atomic E-state index is 13.6. The van der Waals surface area contributed by atoms with E-state index in [0.29, 0.717) is 5.56 Å². The van der Waals surface area contributed by atoms with Crippen molar-refractivity contribution in [2.24, 2.45) is 0 Å². The van der Waals surface area contributed by atoms with Gasteiger partial charge in [0.2, 0.25) is 0 Å². The summed E-state index contributed by atoms with van der Waals surface area (Å²) in [5.74, 6) is -1.09. The molecule has 21 heavy (non-hydrogen) atoms. The van der Waals surface area contributed by atoms with Gasteiger partial charge in [0.1, 0.15) is 11.6 Å². The van der Waals surface area contributed by atoms with Gasteiger partial charge in [-0.1, -0.05) is 70.8 Å². The SMILES string of the molecule is CCCCCCCCCCCC(Cl)c1ccc(F)cc1F. The molecule has 0 amide bonds. The second-order valence-corrected chi connectivity index (χ2v) is 6.28. The summed E-state index contributed by atoms with van der Waals surface area (Å²) >= 11 is 6.20. The molecule has 0 bridgehead atoms. The zero-order valence-corrected chi connectivity index (χ0v) is 13.8. The minimum atomic E-state index is -0.553. The molecule has 0 radical (unpaired) electrons. The van der Waals surface area contributed by atoms with Gasteiger partial charge in [-0.25, -0.2) is 8.78 Å². The number of hydrogen-bond acceptors (Lipinski definition) is 0. The molecule has 0 fully saturated rings. The van der Waals surface area contributed by atoms with Gasteiger partial charge in [-0.2, -0.15) is 0 Å². The van der Waals surface area contributed by atoms with Crippen LogP contribution in [0.1, 0.15) is 82.1 Å². The van der Waals surface area contributed by atoms with E-state index >= 15 is 0 Å². The van der Waals surface area contributed by atoms with Gasteiger partial charge in [0.15, 0.2) is 0 Å². The fourth-order valence-electron chi connectivity index (χ4n) is 2.55. The molecule has 0 saturated heterocycles. The number of benzene rings is 1. The highest BCUT2D eigenvalue weighted by atomic mass is 35.5. The van der Waals surface area contributed by atoms with Crippen molar-refractivity contribution < 1.29 is 8.78 Å². The Labute approximate surface area is 132 Å². The average molecular weight is 317 g/mol. The van der Waals surface area contributed by atoms with Crippen LogP contribution in [-0.4, -0.2) is 0 Å². The lowest BCUT2D eigenvalue weighted by molar-refractivity contribution is 0.542. The fraction of sp³-hybridized carbons (Fsp3) is 0.667. The molecule has 0 aromatic heterocycles. The third-order valence-electron chi connectivity index (χ3n) is 3.86. The van der Waals surface area contributed by atoms with Crippen LogP contribution in [-0.2, 0) is 0 Å². The van der Waals surface area contributed by atoms with Crippen LogP contribution in [0.5, 0.6) is 0 Å². The third kappa shape index (κ3) is 7.80.